The van der Waals surface area contributed by atoms with Crippen LogP contribution in [0.3, 0.4) is 0 Å². The Kier molecular flexibility index (Phi) is 71.0. The van der Waals surface area contributed by atoms with Crippen LogP contribution in [0.25, 0.3) is 0 Å². The predicted molar refractivity (Wildman–Crippen MR) is 363 cm³/mol. The third-order valence-corrected chi connectivity index (χ3v) is 17.8. The van der Waals surface area contributed by atoms with Crippen LogP contribution in [0.4, 0.5) is 0 Å². The van der Waals surface area contributed by atoms with Gasteiger partial charge in [-0.3, -0.25) is 14.4 Å². The SMILES string of the molecule is CCCCCCCCCC/C=C\CCCCCCCCCCCCCC(=O)OC(COC(=O)CCCCCCCCC)COC(=O)CCCCCCCCCCCCCCCCCCCCCCCCCCCCCCCCCCCCC. The van der Waals surface area contributed by atoms with Gasteiger partial charge >= 0.3 is 17.9 Å². The lowest BCUT2D eigenvalue weighted by Crippen LogP contribution is -2.30. The van der Waals surface area contributed by atoms with E-state index in [1.54, 1.807) is 0 Å². The van der Waals surface area contributed by atoms with E-state index in [-0.39, 0.29) is 31.1 Å². The molecule has 0 radical (unpaired) electrons. The second-order valence-electron chi connectivity index (χ2n) is 26.3. The summed E-state index contributed by atoms with van der Waals surface area (Å²) in [5.41, 5.74) is 0. The number of rotatable bonds is 72. The van der Waals surface area contributed by atoms with Gasteiger partial charge in [0, 0.05) is 19.3 Å². The Morgan fingerprint density at radius 2 is 0.398 bits per heavy atom. The highest BCUT2D eigenvalue weighted by Crippen LogP contribution is 2.20. The predicted octanol–water partition coefficient (Wildman–Crippen LogP) is 26.3. The van der Waals surface area contributed by atoms with E-state index in [0.717, 1.165) is 57.8 Å². The molecule has 1 unspecified atom stereocenters. The van der Waals surface area contributed by atoms with E-state index in [2.05, 4.69) is 32.9 Å². The quantitative estimate of drug-likeness (QED) is 0.0261. The Morgan fingerprint density at radius 3 is 0.602 bits per heavy atom. The lowest BCUT2D eigenvalue weighted by atomic mass is 10.0. The van der Waals surface area contributed by atoms with Gasteiger partial charge in [-0.2, -0.15) is 0 Å². The van der Waals surface area contributed by atoms with Crippen molar-refractivity contribution in [3.8, 4) is 0 Å². The van der Waals surface area contributed by atoms with Gasteiger partial charge in [0.1, 0.15) is 13.2 Å². The monoisotopic (exact) mass is 1170 g/mol. The second kappa shape index (κ2) is 72.6. The van der Waals surface area contributed by atoms with E-state index in [0.29, 0.717) is 19.3 Å². The highest BCUT2D eigenvalue weighted by atomic mass is 16.6. The largest absolute Gasteiger partial charge is 0.462 e. The minimum Gasteiger partial charge on any atom is -0.462 e. The fraction of sp³-hybridized carbons (Fsp3) is 0.935. The van der Waals surface area contributed by atoms with Gasteiger partial charge in [0.15, 0.2) is 6.10 Å². The molecule has 0 aliphatic carbocycles. The smallest absolute Gasteiger partial charge is 0.306 e. The molecule has 6 nitrogen and oxygen atoms in total. The van der Waals surface area contributed by atoms with Crippen molar-refractivity contribution in [1.29, 1.82) is 0 Å². The molecule has 0 heterocycles. The summed E-state index contributed by atoms with van der Waals surface area (Å²) in [7, 11) is 0. The highest BCUT2D eigenvalue weighted by molar-refractivity contribution is 5.71. The second-order valence-corrected chi connectivity index (χ2v) is 26.3. The van der Waals surface area contributed by atoms with Crippen LogP contribution >= 0.6 is 0 Å². The summed E-state index contributed by atoms with van der Waals surface area (Å²) in [4.78, 5) is 38.2. The number of carbonyl (C=O) groups excluding carboxylic acids is 3. The number of unbranched alkanes of at least 4 members (excludes halogenated alkanes) is 59. The van der Waals surface area contributed by atoms with E-state index in [4.69, 9.17) is 14.2 Å². The fourth-order valence-corrected chi connectivity index (χ4v) is 12.0. The molecule has 0 N–H and O–H groups in total. The third-order valence-electron chi connectivity index (χ3n) is 17.8. The van der Waals surface area contributed by atoms with Crippen molar-refractivity contribution >= 4 is 17.9 Å². The molecule has 83 heavy (non-hydrogen) atoms. The van der Waals surface area contributed by atoms with Crippen LogP contribution in [0.2, 0.25) is 0 Å². The van der Waals surface area contributed by atoms with Crippen LogP contribution in [0.5, 0.6) is 0 Å². The van der Waals surface area contributed by atoms with Crippen LogP contribution in [-0.2, 0) is 28.6 Å². The summed E-state index contributed by atoms with van der Waals surface area (Å²) in [6.07, 6.45) is 88.9. The van der Waals surface area contributed by atoms with Gasteiger partial charge in [0.05, 0.1) is 0 Å². The Hall–Kier alpha value is -1.85. The van der Waals surface area contributed by atoms with E-state index >= 15 is 0 Å². The maximum absolute atomic E-state index is 12.9. The molecule has 0 bridgehead atoms. The first-order valence-electron chi connectivity index (χ1n) is 38.2. The molecule has 0 aliphatic heterocycles. The molecule has 6 heteroatoms. The zero-order valence-corrected chi connectivity index (χ0v) is 56.8. The van der Waals surface area contributed by atoms with E-state index in [1.165, 1.54) is 347 Å². The minimum atomic E-state index is -0.765. The average molecular weight is 1170 g/mol. The van der Waals surface area contributed by atoms with Crippen molar-refractivity contribution in [2.75, 3.05) is 13.2 Å². The van der Waals surface area contributed by atoms with Crippen molar-refractivity contribution in [2.24, 2.45) is 0 Å². The first-order valence-corrected chi connectivity index (χ1v) is 38.2. The average Bonchev–Trinajstić information content (AvgIpc) is 3.50. The third kappa shape index (κ3) is 70.8. The molecule has 492 valence electrons. The standard InChI is InChI=1S/C77H148O6/c1-4-7-10-13-16-18-20-22-24-26-28-30-32-33-34-35-36-37-38-39-40-41-42-43-45-46-48-50-52-54-56-58-61-64-67-70-76(79)82-73-74(72-81-75(78)69-66-63-60-15-12-9-6-3)83-77(80)71-68-65-62-59-57-55-53-51-49-47-44-31-29-27-25-23-21-19-17-14-11-8-5-2/h27,29,74H,4-26,28,30-73H2,1-3H3/b29-27-. The Bertz CT molecular complexity index is 1300. The molecule has 0 rings (SSSR count). The molecule has 0 amide bonds. The van der Waals surface area contributed by atoms with Crippen LogP contribution in [0.15, 0.2) is 12.2 Å². The zero-order valence-electron chi connectivity index (χ0n) is 56.8. The van der Waals surface area contributed by atoms with Gasteiger partial charge in [-0.05, 0) is 44.9 Å². The fourth-order valence-electron chi connectivity index (χ4n) is 12.0. The molecular weight excluding hydrogens is 1020 g/mol. The van der Waals surface area contributed by atoms with Crippen molar-refractivity contribution in [3.05, 3.63) is 12.2 Å². The topological polar surface area (TPSA) is 78.9 Å². The van der Waals surface area contributed by atoms with E-state index < -0.39 is 6.10 Å². The van der Waals surface area contributed by atoms with Crippen LogP contribution in [0, 0.1) is 0 Å². The summed E-state index contributed by atoms with van der Waals surface area (Å²) in [6, 6.07) is 0. The lowest BCUT2D eigenvalue weighted by molar-refractivity contribution is -0.167. The molecule has 1 atom stereocenters. The molecule has 0 aliphatic rings. The summed E-state index contributed by atoms with van der Waals surface area (Å²) in [6.45, 7) is 6.68. The Morgan fingerprint density at radius 1 is 0.229 bits per heavy atom. The number of carbonyl (C=O) groups is 3. The summed E-state index contributed by atoms with van der Waals surface area (Å²) in [5.74, 6) is -0.839. The van der Waals surface area contributed by atoms with Crippen LogP contribution in [0.1, 0.15) is 445 Å². The van der Waals surface area contributed by atoms with Gasteiger partial charge in [-0.15, -0.1) is 0 Å². The summed E-state index contributed by atoms with van der Waals surface area (Å²) < 4.78 is 16.9. The van der Waals surface area contributed by atoms with E-state index in [1.807, 2.05) is 0 Å². The van der Waals surface area contributed by atoms with Gasteiger partial charge < -0.3 is 14.2 Å². The normalized spacial score (nSPS) is 12.0. The van der Waals surface area contributed by atoms with Gasteiger partial charge in [-0.25, -0.2) is 0 Å². The van der Waals surface area contributed by atoms with Crippen molar-refractivity contribution < 1.29 is 28.6 Å². The molecule has 0 aromatic heterocycles. The number of allylic oxidation sites excluding steroid dienone is 2. The molecule has 0 aromatic carbocycles. The maximum Gasteiger partial charge on any atom is 0.306 e. The molecule has 0 saturated heterocycles. The van der Waals surface area contributed by atoms with E-state index in [9.17, 15) is 14.4 Å². The Labute approximate surface area is 520 Å². The van der Waals surface area contributed by atoms with Gasteiger partial charge in [0.25, 0.3) is 0 Å². The number of hydrogen-bond acceptors (Lipinski definition) is 6. The highest BCUT2D eigenvalue weighted by Gasteiger charge is 2.20. The lowest BCUT2D eigenvalue weighted by Gasteiger charge is -2.18. The van der Waals surface area contributed by atoms with Crippen molar-refractivity contribution in [3.63, 3.8) is 0 Å². The van der Waals surface area contributed by atoms with Gasteiger partial charge in [0.2, 0.25) is 0 Å². The number of esters is 3. The first kappa shape index (κ1) is 81.2. The molecule has 0 fully saturated rings. The summed E-state index contributed by atoms with van der Waals surface area (Å²) in [5, 5.41) is 0. The minimum absolute atomic E-state index is 0.0641. The zero-order chi connectivity index (χ0) is 59.9. The summed E-state index contributed by atoms with van der Waals surface area (Å²) >= 11 is 0. The molecule has 0 saturated carbocycles. The number of hydrogen-bond donors (Lipinski definition) is 0. The van der Waals surface area contributed by atoms with Crippen molar-refractivity contribution in [1.82, 2.24) is 0 Å². The van der Waals surface area contributed by atoms with Crippen molar-refractivity contribution in [2.45, 2.75) is 451 Å². The molecule has 0 spiro atoms. The maximum atomic E-state index is 12.9. The number of ether oxygens (including phenoxy) is 3. The van der Waals surface area contributed by atoms with Crippen LogP contribution < -0.4 is 0 Å². The first-order chi connectivity index (χ1) is 41.0. The van der Waals surface area contributed by atoms with Crippen LogP contribution in [-0.4, -0.2) is 37.2 Å². The molecular formula is C77H148O6. The van der Waals surface area contributed by atoms with Gasteiger partial charge in [-0.1, -0.05) is 392 Å². The molecule has 0 aromatic rings. The Balaban J connectivity index is 3.91.